The van der Waals surface area contributed by atoms with Crippen molar-refractivity contribution in [2.75, 3.05) is 13.2 Å². The zero-order chi connectivity index (χ0) is 49.1. The number of ether oxygens (including phenoxy) is 2. The minimum absolute atomic E-state index is 0.197. The van der Waals surface area contributed by atoms with Crippen LogP contribution < -0.4 is 9.47 Å². The number of H-pyrrole nitrogens is 2. The lowest BCUT2D eigenvalue weighted by atomic mass is 9.92. The Kier molecular flexibility index (Phi) is 13.9. The van der Waals surface area contributed by atoms with Crippen LogP contribution in [0.4, 0.5) is 0 Å². The lowest BCUT2D eigenvalue weighted by molar-refractivity contribution is -0.118. The number of ketones is 2. The van der Waals surface area contributed by atoms with Crippen LogP contribution in [0.2, 0.25) is 0 Å². The third-order valence-corrected chi connectivity index (χ3v) is 13.2. The zero-order valence-electron chi connectivity index (χ0n) is 41.7. The van der Waals surface area contributed by atoms with Crippen LogP contribution in [0.15, 0.2) is 97.1 Å². The smallest absolute Gasteiger partial charge is 0.129 e. The molecule has 0 amide bonds. The Hall–Kier alpha value is -7.58. The maximum absolute atomic E-state index is 11.6. The quantitative estimate of drug-likeness (QED) is 0.0934. The third kappa shape index (κ3) is 10.2. The fourth-order valence-corrected chi connectivity index (χ4v) is 10.3. The molecule has 0 saturated carbocycles. The average molecular weight is 927 g/mol. The Morgan fingerprint density at radius 1 is 0.429 bits per heavy atom. The van der Waals surface area contributed by atoms with Crippen molar-refractivity contribution >= 4 is 57.9 Å². The number of carbonyl (C=O) groups excluding carboxylic acids is 2. The fourth-order valence-electron chi connectivity index (χ4n) is 10.3. The van der Waals surface area contributed by atoms with Gasteiger partial charge < -0.3 is 29.0 Å². The predicted molar refractivity (Wildman–Crippen MR) is 289 cm³/mol. The average Bonchev–Trinajstić information content (AvgIpc) is 4.16. The molecule has 0 spiro atoms. The largest absolute Gasteiger partial charge is 0.494 e. The number of rotatable bonds is 16. The maximum atomic E-state index is 11.6. The summed E-state index contributed by atoms with van der Waals surface area (Å²) in [7, 11) is 0. The number of nitrogens with one attached hydrogen (secondary N) is 2. The summed E-state index contributed by atoms with van der Waals surface area (Å²) in [5.74, 6) is 1.92. The lowest BCUT2D eigenvalue weighted by Crippen LogP contribution is -1.99. The SMILES string of the molecule is CC(=O)CCCCOc1cccc(-c2c3nc(c(-c4c(C)cc(C)cc4C)c4ccc([nH]4)c(-c4cccc(OCCCCC(C)=O)c4)c4nc(c(-c5c(C)cc(C)cc5C)c5ccc2[nH]5)C=C4)C=C3)c1. The van der Waals surface area contributed by atoms with Gasteiger partial charge in [-0.2, -0.15) is 0 Å². The summed E-state index contributed by atoms with van der Waals surface area (Å²) in [6.45, 7) is 17.3. The highest BCUT2D eigenvalue weighted by Gasteiger charge is 2.22. The van der Waals surface area contributed by atoms with Crippen LogP contribution in [-0.2, 0) is 9.59 Å². The summed E-state index contributed by atoms with van der Waals surface area (Å²) in [6.07, 6.45) is 12.8. The maximum Gasteiger partial charge on any atom is 0.129 e. The molecule has 0 radical (unpaired) electrons. The number of aromatic nitrogens is 4. The van der Waals surface area contributed by atoms with Crippen molar-refractivity contribution in [3.63, 3.8) is 0 Å². The Morgan fingerprint density at radius 2 is 0.771 bits per heavy atom. The molecule has 0 aliphatic carbocycles. The van der Waals surface area contributed by atoms with E-state index in [-0.39, 0.29) is 11.6 Å². The van der Waals surface area contributed by atoms with E-state index in [4.69, 9.17) is 19.4 Å². The van der Waals surface area contributed by atoms with Gasteiger partial charge in [-0.1, -0.05) is 59.7 Å². The first-order chi connectivity index (χ1) is 33.8. The van der Waals surface area contributed by atoms with E-state index in [9.17, 15) is 9.59 Å². The van der Waals surface area contributed by atoms with Gasteiger partial charge in [-0.15, -0.1) is 0 Å². The molecular weight excluding hydrogens is 865 g/mol. The van der Waals surface area contributed by atoms with Gasteiger partial charge in [0.15, 0.2) is 0 Å². The monoisotopic (exact) mass is 926 g/mol. The highest BCUT2D eigenvalue weighted by atomic mass is 16.5. The molecule has 2 aliphatic heterocycles. The normalized spacial score (nSPS) is 11.9. The van der Waals surface area contributed by atoms with Gasteiger partial charge in [0.05, 0.1) is 36.0 Å². The number of fused-ring (bicyclic) bond motifs is 8. The standard InChI is InChI=1S/C62H62N4O4/c1-37-31-39(3)57(40(4)32-37)61-53-25-21-49(63-53)59(45-17-13-19-47(35-45)69-29-11-9-15-43(7)67)51-23-27-55(65-51)62(58-41(5)33-38(2)34-42(58)6)56-28-24-52(66-56)60(50-22-26-54(61)64-50)46-18-14-20-48(36-46)70-30-12-10-16-44(8)68/h13-14,17-28,31-36,63,66H,9-12,15-16,29-30H2,1-8H3. The van der Waals surface area contributed by atoms with E-state index in [2.05, 4.69) is 149 Å². The summed E-state index contributed by atoms with van der Waals surface area (Å²) in [5, 5.41) is 0. The van der Waals surface area contributed by atoms with Crippen LogP contribution in [0, 0.1) is 41.5 Å². The molecule has 2 N–H and O–H groups in total. The van der Waals surface area contributed by atoms with Gasteiger partial charge in [0.1, 0.15) is 23.1 Å². The van der Waals surface area contributed by atoms with E-state index in [1.54, 1.807) is 13.8 Å². The second-order valence-electron chi connectivity index (χ2n) is 19.1. The molecule has 5 heterocycles. The molecule has 70 heavy (non-hydrogen) atoms. The van der Waals surface area contributed by atoms with Crippen molar-refractivity contribution in [2.45, 2.75) is 93.9 Å². The van der Waals surface area contributed by atoms with Crippen LogP contribution in [0.3, 0.4) is 0 Å². The summed E-state index contributed by atoms with van der Waals surface area (Å²) < 4.78 is 12.6. The lowest BCUT2D eigenvalue weighted by Gasteiger charge is -2.14. The van der Waals surface area contributed by atoms with E-state index in [1.807, 2.05) is 24.3 Å². The second kappa shape index (κ2) is 20.6. The van der Waals surface area contributed by atoms with Gasteiger partial charge >= 0.3 is 0 Å². The van der Waals surface area contributed by atoms with Crippen molar-refractivity contribution in [3.05, 3.63) is 153 Å². The van der Waals surface area contributed by atoms with Gasteiger partial charge in [0.25, 0.3) is 0 Å². The summed E-state index contributed by atoms with van der Waals surface area (Å²) in [5.41, 5.74) is 22.2. The highest BCUT2D eigenvalue weighted by Crippen LogP contribution is 2.42. The van der Waals surface area contributed by atoms with Gasteiger partial charge in [0.2, 0.25) is 0 Å². The highest BCUT2D eigenvalue weighted by molar-refractivity contribution is 6.01. The molecule has 8 nitrogen and oxygen atoms in total. The Balaban J connectivity index is 1.35. The number of carbonyl (C=O) groups is 2. The molecule has 354 valence electrons. The van der Waals surface area contributed by atoms with E-state index in [0.717, 1.165) is 127 Å². The zero-order valence-corrected chi connectivity index (χ0v) is 41.7. The molecule has 9 rings (SSSR count). The molecule has 7 aromatic rings. The van der Waals surface area contributed by atoms with Crippen LogP contribution in [0.25, 0.3) is 90.9 Å². The van der Waals surface area contributed by atoms with E-state index < -0.39 is 0 Å². The first-order valence-corrected chi connectivity index (χ1v) is 24.6. The number of hydrogen-bond acceptors (Lipinski definition) is 6. The molecule has 2 aliphatic rings. The first-order valence-electron chi connectivity index (χ1n) is 24.6. The van der Waals surface area contributed by atoms with Crippen molar-refractivity contribution < 1.29 is 19.1 Å². The number of aryl methyl sites for hydroxylation is 6. The molecule has 0 atom stereocenters. The molecule has 0 saturated heterocycles. The predicted octanol–water partition coefficient (Wildman–Crippen LogP) is 15.5. The van der Waals surface area contributed by atoms with Crippen LogP contribution >= 0.6 is 0 Å². The number of aromatic amines is 2. The van der Waals surface area contributed by atoms with E-state index in [1.165, 1.54) is 33.4 Å². The van der Waals surface area contributed by atoms with Crippen molar-refractivity contribution in [2.24, 2.45) is 0 Å². The van der Waals surface area contributed by atoms with Gasteiger partial charge in [-0.05, 0) is 198 Å². The van der Waals surface area contributed by atoms with Gasteiger partial charge in [-0.25, -0.2) is 9.97 Å². The third-order valence-electron chi connectivity index (χ3n) is 13.2. The molecule has 0 unspecified atom stereocenters. The molecule has 0 fully saturated rings. The Labute approximate surface area is 411 Å². The minimum Gasteiger partial charge on any atom is -0.494 e. The summed E-state index contributed by atoms with van der Waals surface area (Å²) in [4.78, 5) is 42.2. The number of nitrogens with zero attached hydrogens (tertiary/aromatic N) is 2. The molecule has 3 aromatic heterocycles. The minimum atomic E-state index is 0.197. The summed E-state index contributed by atoms with van der Waals surface area (Å²) in [6, 6.07) is 34.1. The molecule has 8 heteroatoms. The van der Waals surface area contributed by atoms with Crippen molar-refractivity contribution in [1.82, 2.24) is 19.9 Å². The molecule has 8 bridgehead atoms. The number of hydrogen-bond donors (Lipinski definition) is 2. The first kappa shape index (κ1) is 47.5. The Bertz CT molecular complexity index is 3150. The van der Waals surface area contributed by atoms with Crippen molar-refractivity contribution in [3.8, 4) is 56.0 Å². The molecule has 4 aromatic carbocycles. The van der Waals surface area contributed by atoms with Gasteiger partial charge in [0, 0.05) is 57.2 Å². The number of benzene rings is 4. The van der Waals surface area contributed by atoms with Crippen LogP contribution in [0.5, 0.6) is 11.5 Å². The van der Waals surface area contributed by atoms with Gasteiger partial charge in [-0.3, -0.25) is 0 Å². The topological polar surface area (TPSA) is 110 Å². The molecular formula is C62H62N4O4. The van der Waals surface area contributed by atoms with Crippen LogP contribution in [-0.4, -0.2) is 44.7 Å². The second-order valence-corrected chi connectivity index (χ2v) is 19.1. The number of Topliss-reactive ketones (excluding diaryl/α,β-unsaturated/α-hetero) is 2. The van der Waals surface area contributed by atoms with E-state index in [0.29, 0.717) is 26.1 Å². The summed E-state index contributed by atoms with van der Waals surface area (Å²) >= 11 is 0. The van der Waals surface area contributed by atoms with E-state index >= 15 is 0 Å². The fraction of sp³-hybridized carbons (Fsp3) is 0.258. The van der Waals surface area contributed by atoms with Crippen LogP contribution in [0.1, 0.15) is 109 Å². The van der Waals surface area contributed by atoms with Crippen molar-refractivity contribution in [1.29, 1.82) is 0 Å². The number of unbranched alkanes of at least 4 members (excludes halogenated alkanes) is 2. The Morgan fingerprint density at radius 3 is 1.13 bits per heavy atom.